The van der Waals surface area contributed by atoms with E-state index in [9.17, 15) is 14.4 Å². The molecule has 0 rings (SSSR count). The fraction of sp³-hybridized carbons (Fsp3) is 0.800. The third kappa shape index (κ3) is 9.67. The van der Waals surface area contributed by atoms with Crippen molar-refractivity contribution in [3.8, 4) is 0 Å². The third-order valence-corrected chi connectivity index (χ3v) is 2.95. The summed E-state index contributed by atoms with van der Waals surface area (Å²) in [5.74, 6) is 0.159. The molecule has 1 N–H and O–H groups in total. The molecule has 5 nitrogen and oxygen atoms in total. The van der Waals surface area contributed by atoms with Crippen molar-refractivity contribution in [3.63, 3.8) is 0 Å². The summed E-state index contributed by atoms with van der Waals surface area (Å²) < 4.78 is 5.27. The largest absolute Gasteiger partial charge is 0.379 e. The number of carbonyl (C=O) groups excluding carboxylic acids is 3. The second-order valence-corrected chi connectivity index (χ2v) is 5.45. The molecule has 20 heavy (non-hydrogen) atoms. The molecule has 0 saturated heterocycles. The van der Waals surface area contributed by atoms with Crippen LogP contribution in [0.25, 0.3) is 0 Å². The molecule has 116 valence electrons. The SMILES string of the molecule is CC(C)C(=O)CCOCCNC(=O)CCC(=O)C(C)C. The van der Waals surface area contributed by atoms with Crippen LogP contribution < -0.4 is 5.32 Å². The van der Waals surface area contributed by atoms with Crippen LogP contribution in [0.2, 0.25) is 0 Å². The van der Waals surface area contributed by atoms with Gasteiger partial charge >= 0.3 is 0 Å². The molecule has 0 unspecified atom stereocenters. The van der Waals surface area contributed by atoms with Crippen molar-refractivity contribution in [1.29, 1.82) is 0 Å². The molecule has 0 heterocycles. The van der Waals surface area contributed by atoms with E-state index in [-0.39, 0.29) is 42.2 Å². The number of carbonyl (C=O) groups is 3. The van der Waals surface area contributed by atoms with E-state index < -0.39 is 0 Å². The van der Waals surface area contributed by atoms with Crippen LogP contribution in [0.1, 0.15) is 47.0 Å². The van der Waals surface area contributed by atoms with E-state index in [4.69, 9.17) is 4.74 Å². The maximum Gasteiger partial charge on any atom is 0.220 e. The van der Waals surface area contributed by atoms with Gasteiger partial charge in [-0.05, 0) is 0 Å². The van der Waals surface area contributed by atoms with Gasteiger partial charge in [0.25, 0.3) is 0 Å². The van der Waals surface area contributed by atoms with Crippen molar-refractivity contribution in [2.24, 2.45) is 11.8 Å². The molecule has 0 aromatic heterocycles. The number of rotatable bonds is 11. The predicted octanol–water partition coefficient (Wildman–Crippen LogP) is 1.74. The summed E-state index contributed by atoms with van der Waals surface area (Å²) in [5, 5.41) is 2.69. The number of amides is 1. The Hall–Kier alpha value is -1.23. The number of hydrogen-bond donors (Lipinski definition) is 1. The van der Waals surface area contributed by atoms with Crippen molar-refractivity contribution in [3.05, 3.63) is 0 Å². The highest BCUT2D eigenvalue weighted by Gasteiger charge is 2.10. The minimum Gasteiger partial charge on any atom is -0.379 e. The number of hydrogen-bond acceptors (Lipinski definition) is 4. The monoisotopic (exact) mass is 285 g/mol. The number of Topliss-reactive ketones (excluding diaryl/α,β-unsaturated/α-hetero) is 2. The fourth-order valence-electron chi connectivity index (χ4n) is 1.44. The fourth-order valence-corrected chi connectivity index (χ4v) is 1.44. The molecule has 0 aliphatic carbocycles. The molecule has 5 heteroatoms. The van der Waals surface area contributed by atoms with Gasteiger partial charge in [-0.15, -0.1) is 0 Å². The van der Waals surface area contributed by atoms with Crippen LogP contribution in [0.3, 0.4) is 0 Å². The number of nitrogens with one attached hydrogen (secondary N) is 1. The minimum absolute atomic E-state index is 0.0235. The summed E-state index contributed by atoms with van der Waals surface area (Å²) in [6, 6.07) is 0. The highest BCUT2D eigenvalue weighted by Crippen LogP contribution is 2.01. The van der Waals surface area contributed by atoms with Gasteiger partial charge in [0.15, 0.2) is 0 Å². The average Bonchev–Trinajstić information content (AvgIpc) is 2.39. The Bertz CT molecular complexity index is 324. The molecular formula is C15H27NO4. The summed E-state index contributed by atoms with van der Waals surface area (Å²) in [7, 11) is 0. The zero-order valence-corrected chi connectivity index (χ0v) is 13.0. The molecule has 0 atom stereocenters. The summed E-state index contributed by atoms with van der Waals surface area (Å²) >= 11 is 0. The van der Waals surface area contributed by atoms with Crippen LogP contribution in [0, 0.1) is 11.8 Å². The van der Waals surface area contributed by atoms with Gasteiger partial charge in [0, 0.05) is 37.6 Å². The molecule has 0 aromatic rings. The predicted molar refractivity (Wildman–Crippen MR) is 77.4 cm³/mol. The van der Waals surface area contributed by atoms with E-state index in [1.807, 2.05) is 27.7 Å². The Morgan fingerprint density at radius 3 is 1.95 bits per heavy atom. The van der Waals surface area contributed by atoms with Crippen molar-refractivity contribution in [1.82, 2.24) is 5.32 Å². The van der Waals surface area contributed by atoms with Crippen molar-refractivity contribution in [2.45, 2.75) is 47.0 Å². The van der Waals surface area contributed by atoms with E-state index >= 15 is 0 Å². The third-order valence-electron chi connectivity index (χ3n) is 2.95. The average molecular weight is 285 g/mol. The zero-order chi connectivity index (χ0) is 15.5. The molecule has 0 aliphatic heterocycles. The second kappa shape index (κ2) is 10.5. The van der Waals surface area contributed by atoms with Gasteiger partial charge < -0.3 is 10.1 Å². The first-order valence-electron chi connectivity index (χ1n) is 7.24. The Morgan fingerprint density at radius 1 is 0.850 bits per heavy atom. The molecule has 0 spiro atoms. The smallest absolute Gasteiger partial charge is 0.220 e. The van der Waals surface area contributed by atoms with E-state index in [1.165, 1.54) is 0 Å². The Morgan fingerprint density at radius 2 is 1.40 bits per heavy atom. The van der Waals surface area contributed by atoms with Crippen molar-refractivity contribution in [2.75, 3.05) is 19.8 Å². The molecule has 0 aliphatic rings. The lowest BCUT2D eigenvalue weighted by molar-refractivity contribution is -0.127. The summed E-state index contributed by atoms with van der Waals surface area (Å²) in [6.45, 7) is 8.56. The lowest BCUT2D eigenvalue weighted by atomic mass is 10.0. The van der Waals surface area contributed by atoms with Gasteiger partial charge in [0.1, 0.15) is 11.6 Å². The van der Waals surface area contributed by atoms with Gasteiger partial charge in [-0.25, -0.2) is 0 Å². The maximum atomic E-state index is 11.4. The van der Waals surface area contributed by atoms with Gasteiger partial charge in [0.05, 0.1) is 13.2 Å². The summed E-state index contributed by atoms with van der Waals surface area (Å²) in [6.07, 6.45) is 0.921. The molecule has 0 aromatic carbocycles. The van der Waals surface area contributed by atoms with E-state index in [1.54, 1.807) is 0 Å². The van der Waals surface area contributed by atoms with Gasteiger partial charge in [-0.3, -0.25) is 14.4 Å². The van der Waals surface area contributed by atoms with E-state index in [0.29, 0.717) is 26.2 Å². The highest BCUT2D eigenvalue weighted by atomic mass is 16.5. The highest BCUT2D eigenvalue weighted by molar-refractivity contribution is 5.85. The van der Waals surface area contributed by atoms with Crippen molar-refractivity contribution < 1.29 is 19.1 Å². The molecule has 0 bridgehead atoms. The lowest BCUT2D eigenvalue weighted by Gasteiger charge is -2.07. The minimum atomic E-state index is -0.138. The van der Waals surface area contributed by atoms with Crippen LogP contribution in [-0.2, 0) is 19.1 Å². The number of ketones is 2. The van der Waals surface area contributed by atoms with Gasteiger partial charge in [-0.1, -0.05) is 27.7 Å². The van der Waals surface area contributed by atoms with Gasteiger partial charge in [0.2, 0.25) is 5.91 Å². The number of ether oxygens (including phenoxy) is 1. The van der Waals surface area contributed by atoms with E-state index in [2.05, 4.69) is 5.32 Å². The summed E-state index contributed by atoms with van der Waals surface area (Å²) in [4.78, 5) is 34.1. The maximum absolute atomic E-state index is 11.4. The van der Waals surface area contributed by atoms with Gasteiger partial charge in [-0.2, -0.15) is 0 Å². The molecule has 0 radical (unpaired) electrons. The Balaban J connectivity index is 3.49. The zero-order valence-electron chi connectivity index (χ0n) is 13.0. The second-order valence-electron chi connectivity index (χ2n) is 5.45. The topological polar surface area (TPSA) is 72.5 Å². The summed E-state index contributed by atoms with van der Waals surface area (Å²) in [5.41, 5.74) is 0. The molecule has 1 amide bonds. The molecular weight excluding hydrogens is 258 g/mol. The van der Waals surface area contributed by atoms with Crippen LogP contribution in [0.4, 0.5) is 0 Å². The van der Waals surface area contributed by atoms with Crippen LogP contribution in [0.5, 0.6) is 0 Å². The van der Waals surface area contributed by atoms with Crippen molar-refractivity contribution >= 4 is 17.5 Å². The Labute approximate surface area is 121 Å². The first kappa shape index (κ1) is 18.8. The van der Waals surface area contributed by atoms with Crippen LogP contribution in [-0.4, -0.2) is 37.2 Å². The van der Waals surface area contributed by atoms with Crippen LogP contribution >= 0.6 is 0 Å². The van der Waals surface area contributed by atoms with Crippen LogP contribution in [0.15, 0.2) is 0 Å². The Kier molecular flexibility index (Phi) is 9.90. The lowest BCUT2D eigenvalue weighted by Crippen LogP contribution is -2.28. The normalized spacial score (nSPS) is 10.9. The molecule has 0 saturated carbocycles. The molecule has 0 fully saturated rings. The first-order chi connectivity index (χ1) is 9.34. The quantitative estimate of drug-likeness (QED) is 0.587. The first-order valence-corrected chi connectivity index (χ1v) is 7.24. The van der Waals surface area contributed by atoms with E-state index in [0.717, 1.165) is 0 Å². The standard InChI is InChI=1S/C15H27NO4/c1-11(2)13(17)5-6-15(19)16-8-10-20-9-7-14(18)12(3)4/h11-12H,5-10H2,1-4H3,(H,16,19).